The minimum Gasteiger partial charge on any atom is -0.379 e. The molecule has 0 spiro atoms. The van der Waals surface area contributed by atoms with Gasteiger partial charge in [-0.1, -0.05) is 30.3 Å². The van der Waals surface area contributed by atoms with E-state index in [1.165, 1.54) is 5.56 Å². The second-order valence-corrected chi connectivity index (χ2v) is 7.68. The maximum atomic E-state index is 12.6. The monoisotopic (exact) mass is 390 g/mol. The van der Waals surface area contributed by atoms with E-state index in [2.05, 4.69) is 33.3 Å². The van der Waals surface area contributed by atoms with Crippen molar-refractivity contribution in [1.82, 2.24) is 10.2 Å². The first-order valence-corrected chi connectivity index (χ1v) is 10.1. The molecular weight excluding hydrogens is 364 g/mol. The number of hydrogen-bond donors (Lipinski definition) is 1. The fourth-order valence-electron chi connectivity index (χ4n) is 4.11. The third kappa shape index (κ3) is 4.94. The number of nitrogens with one attached hydrogen (secondary N) is 1. The van der Waals surface area contributed by atoms with Gasteiger partial charge in [0.1, 0.15) is 0 Å². The van der Waals surface area contributed by atoms with Crippen molar-refractivity contribution in [2.45, 2.75) is 19.0 Å². The zero-order valence-electron chi connectivity index (χ0n) is 16.5. The van der Waals surface area contributed by atoms with Crippen molar-refractivity contribution in [3.05, 3.63) is 65.2 Å². The molecular formula is C23H26N4O2. The smallest absolute Gasteiger partial charge is 0.234 e. The number of benzene rings is 2. The Kier molecular flexibility index (Phi) is 6.09. The van der Waals surface area contributed by atoms with Crippen LogP contribution in [0.4, 0.5) is 5.69 Å². The molecule has 150 valence electrons. The molecule has 29 heavy (non-hydrogen) atoms. The van der Waals surface area contributed by atoms with Crippen LogP contribution >= 0.6 is 0 Å². The summed E-state index contributed by atoms with van der Waals surface area (Å²) in [7, 11) is 0. The van der Waals surface area contributed by atoms with E-state index in [0.29, 0.717) is 25.3 Å². The molecule has 2 aliphatic heterocycles. The number of nitriles is 1. The molecule has 4 rings (SSSR count). The lowest BCUT2D eigenvalue weighted by Gasteiger charge is -2.37. The van der Waals surface area contributed by atoms with Gasteiger partial charge in [0.15, 0.2) is 0 Å². The van der Waals surface area contributed by atoms with Crippen molar-refractivity contribution in [1.29, 1.82) is 5.26 Å². The third-order valence-corrected chi connectivity index (χ3v) is 5.51. The van der Waals surface area contributed by atoms with Crippen LogP contribution in [0.25, 0.3) is 0 Å². The number of fused-ring (bicyclic) bond motifs is 1. The molecule has 1 fully saturated rings. The summed E-state index contributed by atoms with van der Waals surface area (Å²) in [5.74, 6) is 0.0523. The second-order valence-electron chi connectivity index (χ2n) is 7.68. The molecule has 1 atom stereocenters. The highest BCUT2D eigenvalue weighted by Gasteiger charge is 2.26. The van der Waals surface area contributed by atoms with E-state index in [1.807, 2.05) is 36.4 Å². The summed E-state index contributed by atoms with van der Waals surface area (Å²) in [6.07, 6.45) is 0.741. The number of rotatable bonds is 5. The van der Waals surface area contributed by atoms with Crippen molar-refractivity contribution >= 4 is 11.6 Å². The molecule has 1 N–H and O–H groups in total. The first kappa shape index (κ1) is 19.4. The van der Waals surface area contributed by atoms with Gasteiger partial charge >= 0.3 is 0 Å². The van der Waals surface area contributed by atoms with E-state index >= 15 is 0 Å². The molecule has 0 aliphatic carbocycles. The van der Waals surface area contributed by atoms with Crippen molar-refractivity contribution in [2.75, 3.05) is 44.3 Å². The predicted octanol–water partition coefficient (Wildman–Crippen LogP) is 1.94. The number of morpholine rings is 1. The Morgan fingerprint density at radius 1 is 1.17 bits per heavy atom. The normalized spacial score (nSPS) is 19.3. The van der Waals surface area contributed by atoms with Gasteiger partial charge in [0, 0.05) is 31.9 Å². The molecule has 6 nitrogen and oxygen atoms in total. The van der Waals surface area contributed by atoms with Crippen LogP contribution in [0, 0.1) is 11.3 Å². The highest BCUT2D eigenvalue weighted by Crippen LogP contribution is 2.29. The maximum Gasteiger partial charge on any atom is 0.234 e. The largest absolute Gasteiger partial charge is 0.379 e. The van der Waals surface area contributed by atoms with E-state index < -0.39 is 0 Å². The Labute approximate surface area is 171 Å². The zero-order valence-corrected chi connectivity index (χ0v) is 16.5. The first-order valence-electron chi connectivity index (χ1n) is 10.1. The standard InChI is InChI=1S/C23H26N4O2/c24-14-19-6-7-22-20(12-19)13-21(16-27(22)15-18-4-2-1-3-5-18)25-23(28)17-26-8-10-29-11-9-26/h1-7,12,21H,8-11,13,15-17H2,(H,25,28)/t21-/m1/s1. The molecule has 2 aromatic rings. The fraction of sp³-hybridized carbons (Fsp3) is 0.391. The lowest BCUT2D eigenvalue weighted by atomic mass is 9.95. The van der Waals surface area contributed by atoms with E-state index in [-0.39, 0.29) is 11.9 Å². The molecule has 2 aliphatic rings. The number of amides is 1. The SMILES string of the molecule is N#Cc1ccc2c(c1)C[C@@H](NC(=O)CN1CCOCC1)CN2Cc1ccccc1. The number of carbonyl (C=O) groups excluding carboxylic acids is 1. The summed E-state index contributed by atoms with van der Waals surface area (Å²) in [5.41, 5.74) is 4.14. The average Bonchev–Trinajstić information content (AvgIpc) is 2.74. The van der Waals surface area contributed by atoms with Gasteiger partial charge in [0.05, 0.1) is 37.4 Å². The molecule has 6 heteroatoms. The number of hydrogen-bond acceptors (Lipinski definition) is 5. The van der Waals surface area contributed by atoms with Crippen LogP contribution in [0.15, 0.2) is 48.5 Å². The number of anilines is 1. The van der Waals surface area contributed by atoms with Crippen LogP contribution in [0.3, 0.4) is 0 Å². The molecule has 2 aromatic carbocycles. The number of carbonyl (C=O) groups is 1. The maximum absolute atomic E-state index is 12.6. The van der Waals surface area contributed by atoms with Gasteiger partial charge in [0.25, 0.3) is 0 Å². The van der Waals surface area contributed by atoms with Crippen molar-refractivity contribution in [2.24, 2.45) is 0 Å². The van der Waals surface area contributed by atoms with Gasteiger partial charge in [-0.3, -0.25) is 9.69 Å². The van der Waals surface area contributed by atoms with Crippen LogP contribution in [-0.4, -0.2) is 56.2 Å². The summed E-state index contributed by atoms with van der Waals surface area (Å²) >= 11 is 0. The second kappa shape index (κ2) is 9.08. The molecule has 1 amide bonds. The number of ether oxygens (including phenoxy) is 1. The Morgan fingerprint density at radius 3 is 2.72 bits per heavy atom. The van der Waals surface area contributed by atoms with E-state index in [4.69, 9.17) is 4.74 Å². The van der Waals surface area contributed by atoms with Crippen LogP contribution in [0.1, 0.15) is 16.7 Å². The molecule has 0 saturated carbocycles. The van der Waals surface area contributed by atoms with E-state index in [1.54, 1.807) is 0 Å². The molecule has 0 radical (unpaired) electrons. The quantitative estimate of drug-likeness (QED) is 0.845. The highest BCUT2D eigenvalue weighted by atomic mass is 16.5. The van der Waals surface area contributed by atoms with Crippen LogP contribution < -0.4 is 10.2 Å². The lowest BCUT2D eigenvalue weighted by molar-refractivity contribution is -0.123. The summed E-state index contributed by atoms with van der Waals surface area (Å²) in [4.78, 5) is 17.0. The van der Waals surface area contributed by atoms with E-state index in [0.717, 1.165) is 43.9 Å². The fourth-order valence-corrected chi connectivity index (χ4v) is 4.11. The van der Waals surface area contributed by atoms with E-state index in [9.17, 15) is 10.1 Å². The third-order valence-electron chi connectivity index (χ3n) is 5.51. The van der Waals surface area contributed by atoms with Gasteiger partial charge in [-0.25, -0.2) is 0 Å². The summed E-state index contributed by atoms with van der Waals surface area (Å²) in [6, 6.07) is 18.4. The van der Waals surface area contributed by atoms with Crippen LogP contribution in [-0.2, 0) is 22.5 Å². The van der Waals surface area contributed by atoms with Gasteiger partial charge in [-0.15, -0.1) is 0 Å². The Balaban J connectivity index is 1.48. The van der Waals surface area contributed by atoms with Gasteiger partial charge in [-0.05, 0) is 35.7 Å². The first-order chi connectivity index (χ1) is 14.2. The predicted molar refractivity (Wildman–Crippen MR) is 112 cm³/mol. The Bertz CT molecular complexity index is 887. The molecule has 0 unspecified atom stereocenters. The number of nitrogens with zero attached hydrogens (tertiary/aromatic N) is 3. The van der Waals surface area contributed by atoms with Crippen molar-refractivity contribution in [3.8, 4) is 6.07 Å². The minimum absolute atomic E-state index is 0.0219. The average molecular weight is 390 g/mol. The summed E-state index contributed by atoms with van der Waals surface area (Å²) in [5, 5.41) is 12.5. The lowest BCUT2D eigenvalue weighted by Crippen LogP contribution is -2.51. The molecule has 1 saturated heterocycles. The van der Waals surface area contributed by atoms with Crippen molar-refractivity contribution < 1.29 is 9.53 Å². The highest BCUT2D eigenvalue weighted by molar-refractivity contribution is 5.78. The Morgan fingerprint density at radius 2 is 1.97 bits per heavy atom. The molecule has 2 heterocycles. The summed E-state index contributed by atoms with van der Waals surface area (Å²) in [6.45, 7) is 4.90. The Hall–Kier alpha value is -2.88. The molecule has 0 bridgehead atoms. The molecule has 0 aromatic heterocycles. The van der Waals surface area contributed by atoms with Crippen LogP contribution in [0.5, 0.6) is 0 Å². The van der Waals surface area contributed by atoms with Gasteiger partial charge in [0.2, 0.25) is 5.91 Å². The zero-order chi connectivity index (χ0) is 20.1. The van der Waals surface area contributed by atoms with Gasteiger partial charge in [-0.2, -0.15) is 5.26 Å². The minimum atomic E-state index is 0.0219. The summed E-state index contributed by atoms with van der Waals surface area (Å²) < 4.78 is 5.36. The van der Waals surface area contributed by atoms with Crippen LogP contribution in [0.2, 0.25) is 0 Å². The van der Waals surface area contributed by atoms with Crippen molar-refractivity contribution in [3.63, 3.8) is 0 Å². The van der Waals surface area contributed by atoms with Gasteiger partial charge < -0.3 is 15.0 Å². The topological polar surface area (TPSA) is 68.6 Å².